The first-order chi connectivity index (χ1) is 8.31. The average Bonchev–Trinajstić information content (AvgIpc) is 2.78. The molecule has 1 atom stereocenters. The molecular formula is C13H17N3O. The van der Waals surface area contributed by atoms with Gasteiger partial charge in [0.1, 0.15) is 5.82 Å². The van der Waals surface area contributed by atoms with Crippen molar-refractivity contribution in [2.45, 2.75) is 19.0 Å². The Bertz CT molecular complexity index is 453. The Labute approximate surface area is 101 Å². The number of hydrogen-bond donors (Lipinski definition) is 2. The fraction of sp³-hybridized carbons (Fsp3) is 0.308. The number of rotatable bonds is 5. The lowest BCUT2D eigenvalue weighted by atomic mass is 10.2. The third-order valence-electron chi connectivity index (χ3n) is 2.68. The van der Waals surface area contributed by atoms with Gasteiger partial charge in [-0.15, -0.1) is 0 Å². The summed E-state index contributed by atoms with van der Waals surface area (Å²) in [5.41, 5.74) is 6.99. The monoisotopic (exact) mass is 231 g/mol. The molecule has 0 amide bonds. The van der Waals surface area contributed by atoms with Crippen LogP contribution in [0, 0.1) is 0 Å². The number of imidazole rings is 1. The van der Waals surface area contributed by atoms with Crippen molar-refractivity contribution in [1.82, 2.24) is 9.55 Å². The highest BCUT2D eigenvalue weighted by molar-refractivity contribution is 5.55. The topological polar surface area (TPSA) is 64.1 Å². The largest absolute Gasteiger partial charge is 0.396 e. The summed E-state index contributed by atoms with van der Waals surface area (Å²) in [4.78, 5) is 4.34. The van der Waals surface area contributed by atoms with Crippen LogP contribution in [0.15, 0.2) is 42.7 Å². The molecule has 1 unspecified atom stereocenters. The molecule has 0 aliphatic heterocycles. The van der Waals surface area contributed by atoms with E-state index in [1.165, 1.54) is 0 Å². The van der Waals surface area contributed by atoms with E-state index < -0.39 is 0 Å². The highest BCUT2D eigenvalue weighted by Gasteiger charge is 2.08. The van der Waals surface area contributed by atoms with Crippen molar-refractivity contribution in [3.63, 3.8) is 0 Å². The van der Waals surface area contributed by atoms with Gasteiger partial charge in [0.05, 0.1) is 0 Å². The van der Waals surface area contributed by atoms with Gasteiger partial charge in [-0.05, 0) is 6.42 Å². The molecule has 1 aromatic heterocycles. The van der Waals surface area contributed by atoms with E-state index in [1.807, 2.05) is 41.1 Å². The smallest absolute Gasteiger partial charge is 0.139 e. The van der Waals surface area contributed by atoms with Gasteiger partial charge in [0.2, 0.25) is 0 Å². The number of nitrogens with two attached hydrogens (primary N) is 1. The zero-order valence-corrected chi connectivity index (χ0v) is 9.66. The van der Waals surface area contributed by atoms with Crippen molar-refractivity contribution >= 4 is 0 Å². The molecule has 90 valence electrons. The maximum Gasteiger partial charge on any atom is 0.139 e. The Kier molecular flexibility index (Phi) is 3.90. The van der Waals surface area contributed by atoms with Crippen molar-refractivity contribution in [2.24, 2.45) is 5.73 Å². The van der Waals surface area contributed by atoms with Crippen molar-refractivity contribution in [3.05, 3.63) is 42.7 Å². The SMILES string of the molecule is NC(CCO)Cn1ccnc1-c1ccccc1. The Balaban J connectivity index is 2.18. The predicted molar refractivity (Wildman–Crippen MR) is 67.3 cm³/mol. The Morgan fingerprint density at radius 3 is 2.76 bits per heavy atom. The van der Waals surface area contributed by atoms with Gasteiger partial charge in [-0.2, -0.15) is 0 Å². The van der Waals surface area contributed by atoms with Crippen LogP contribution in [-0.2, 0) is 6.54 Å². The zero-order valence-electron chi connectivity index (χ0n) is 9.66. The van der Waals surface area contributed by atoms with Gasteiger partial charge in [0.15, 0.2) is 0 Å². The van der Waals surface area contributed by atoms with Crippen LogP contribution in [0.25, 0.3) is 11.4 Å². The lowest BCUT2D eigenvalue weighted by Gasteiger charge is -2.13. The number of benzene rings is 1. The van der Waals surface area contributed by atoms with E-state index in [0.29, 0.717) is 13.0 Å². The molecule has 1 heterocycles. The minimum Gasteiger partial charge on any atom is -0.396 e. The summed E-state index contributed by atoms with van der Waals surface area (Å²) in [6, 6.07) is 9.96. The van der Waals surface area contributed by atoms with Crippen molar-refractivity contribution in [3.8, 4) is 11.4 Å². The first kappa shape index (κ1) is 11.8. The molecule has 0 aliphatic carbocycles. The van der Waals surface area contributed by atoms with E-state index in [-0.39, 0.29) is 12.6 Å². The number of nitrogens with zero attached hydrogens (tertiary/aromatic N) is 2. The number of aromatic nitrogens is 2. The summed E-state index contributed by atoms with van der Waals surface area (Å²) in [6.07, 6.45) is 4.29. The third kappa shape index (κ3) is 2.93. The summed E-state index contributed by atoms with van der Waals surface area (Å²) in [5.74, 6) is 0.916. The van der Waals surface area contributed by atoms with Crippen LogP contribution in [0.3, 0.4) is 0 Å². The Hall–Kier alpha value is -1.65. The molecule has 1 aromatic carbocycles. The molecule has 0 fully saturated rings. The third-order valence-corrected chi connectivity index (χ3v) is 2.68. The van der Waals surface area contributed by atoms with E-state index in [0.717, 1.165) is 11.4 Å². The fourth-order valence-corrected chi connectivity index (χ4v) is 1.81. The number of aliphatic hydroxyl groups excluding tert-OH is 1. The maximum atomic E-state index is 8.85. The molecule has 2 rings (SSSR count). The van der Waals surface area contributed by atoms with Crippen LogP contribution in [0.1, 0.15) is 6.42 Å². The van der Waals surface area contributed by atoms with Crippen LogP contribution in [0.5, 0.6) is 0 Å². The van der Waals surface area contributed by atoms with Gasteiger partial charge in [0.25, 0.3) is 0 Å². The highest BCUT2D eigenvalue weighted by atomic mass is 16.3. The maximum absolute atomic E-state index is 8.85. The fourth-order valence-electron chi connectivity index (χ4n) is 1.81. The molecule has 17 heavy (non-hydrogen) atoms. The quantitative estimate of drug-likeness (QED) is 0.814. The van der Waals surface area contributed by atoms with Gasteiger partial charge >= 0.3 is 0 Å². The summed E-state index contributed by atoms with van der Waals surface area (Å²) >= 11 is 0. The van der Waals surface area contributed by atoms with Crippen LogP contribution < -0.4 is 5.73 Å². The van der Waals surface area contributed by atoms with Crippen LogP contribution in [0.2, 0.25) is 0 Å². The second-order valence-corrected chi connectivity index (χ2v) is 4.04. The average molecular weight is 231 g/mol. The van der Waals surface area contributed by atoms with E-state index in [4.69, 9.17) is 10.8 Å². The van der Waals surface area contributed by atoms with Gasteiger partial charge in [0, 0.05) is 37.2 Å². The summed E-state index contributed by atoms with van der Waals surface area (Å²) in [7, 11) is 0. The normalized spacial score (nSPS) is 12.6. The molecule has 0 saturated carbocycles. The van der Waals surface area contributed by atoms with Gasteiger partial charge in [-0.1, -0.05) is 30.3 Å². The molecule has 0 radical (unpaired) electrons. The van der Waals surface area contributed by atoms with Crippen molar-refractivity contribution in [1.29, 1.82) is 0 Å². The summed E-state index contributed by atoms with van der Waals surface area (Å²) < 4.78 is 2.02. The van der Waals surface area contributed by atoms with Crippen molar-refractivity contribution < 1.29 is 5.11 Å². The number of aliphatic hydroxyl groups is 1. The second-order valence-electron chi connectivity index (χ2n) is 4.04. The van der Waals surface area contributed by atoms with E-state index in [9.17, 15) is 0 Å². The van der Waals surface area contributed by atoms with Crippen LogP contribution >= 0.6 is 0 Å². The first-order valence-corrected chi connectivity index (χ1v) is 5.74. The summed E-state index contributed by atoms with van der Waals surface area (Å²) in [5, 5.41) is 8.85. The van der Waals surface area contributed by atoms with E-state index in [2.05, 4.69) is 4.98 Å². The second kappa shape index (κ2) is 5.61. The molecule has 0 bridgehead atoms. The van der Waals surface area contributed by atoms with Gasteiger partial charge in [-0.3, -0.25) is 0 Å². The zero-order chi connectivity index (χ0) is 12.1. The molecule has 4 heteroatoms. The van der Waals surface area contributed by atoms with Gasteiger partial charge < -0.3 is 15.4 Å². The lowest BCUT2D eigenvalue weighted by molar-refractivity contribution is 0.270. The Morgan fingerprint density at radius 1 is 1.29 bits per heavy atom. The molecule has 0 aliphatic rings. The minimum absolute atomic E-state index is 0.0448. The van der Waals surface area contributed by atoms with Crippen LogP contribution in [-0.4, -0.2) is 27.3 Å². The summed E-state index contributed by atoms with van der Waals surface area (Å²) in [6.45, 7) is 0.793. The molecular weight excluding hydrogens is 214 g/mol. The molecule has 2 aromatic rings. The Morgan fingerprint density at radius 2 is 2.06 bits per heavy atom. The molecule has 0 saturated heterocycles. The molecule has 0 spiro atoms. The lowest BCUT2D eigenvalue weighted by Crippen LogP contribution is -2.27. The first-order valence-electron chi connectivity index (χ1n) is 5.74. The highest BCUT2D eigenvalue weighted by Crippen LogP contribution is 2.16. The van der Waals surface area contributed by atoms with Gasteiger partial charge in [-0.25, -0.2) is 4.98 Å². The molecule has 3 N–H and O–H groups in total. The molecule has 4 nitrogen and oxygen atoms in total. The van der Waals surface area contributed by atoms with Crippen molar-refractivity contribution in [2.75, 3.05) is 6.61 Å². The predicted octanol–water partition coefficient (Wildman–Crippen LogP) is 1.26. The minimum atomic E-state index is -0.0448. The van der Waals surface area contributed by atoms with E-state index >= 15 is 0 Å². The van der Waals surface area contributed by atoms with Crippen LogP contribution in [0.4, 0.5) is 0 Å². The van der Waals surface area contributed by atoms with E-state index in [1.54, 1.807) is 6.20 Å². The number of hydrogen-bond acceptors (Lipinski definition) is 3. The standard InChI is InChI=1S/C13H17N3O/c14-12(6-9-17)10-16-8-7-15-13(16)11-4-2-1-3-5-11/h1-5,7-8,12,17H,6,9-10,14H2.